The maximum Gasteiger partial charge on any atom is 0.127 e. The van der Waals surface area contributed by atoms with Crippen LogP contribution in [0.25, 0.3) is 0 Å². The lowest BCUT2D eigenvalue weighted by atomic mass is 9.98. The van der Waals surface area contributed by atoms with Gasteiger partial charge in [-0.05, 0) is 31.0 Å². The molecule has 1 aromatic carbocycles. The monoisotopic (exact) mass is 199 g/mol. The van der Waals surface area contributed by atoms with E-state index in [1.807, 2.05) is 0 Å². The molecule has 0 aromatic heterocycles. The van der Waals surface area contributed by atoms with Crippen LogP contribution in [0.15, 0.2) is 6.07 Å². The quantitative estimate of drug-likeness (QED) is 0.669. The smallest absolute Gasteiger partial charge is 0.127 e. The first-order valence-corrected chi connectivity index (χ1v) is 4.35. The molecule has 0 aliphatic carbocycles. The summed E-state index contributed by atoms with van der Waals surface area (Å²) in [7, 11) is 0. The Labute approximate surface area is 82.0 Å². The highest BCUT2D eigenvalue weighted by atomic mass is 19.1. The summed E-state index contributed by atoms with van der Waals surface area (Å²) in [5.74, 6) is -0.523. The summed E-state index contributed by atoms with van der Waals surface area (Å²) in [6.07, 6.45) is -1.02. The summed E-state index contributed by atoms with van der Waals surface area (Å²) in [6.45, 7) is 3.03. The van der Waals surface area contributed by atoms with E-state index in [-0.39, 0.29) is 23.4 Å². The molecule has 1 rings (SSSR count). The zero-order valence-electron chi connectivity index (χ0n) is 8.21. The number of nitrogens with two attached hydrogens (primary N) is 1. The van der Waals surface area contributed by atoms with Gasteiger partial charge in [0.1, 0.15) is 11.6 Å². The van der Waals surface area contributed by atoms with Crippen molar-refractivity contribution in [2.75, 3.05) is 6.54 Å². The third-order valence-electron chi connectivity index (χ3n) is 2.29. The molecule has 14 heavy (non-hydrogen) atoms. The van der Waals surface area contributed by atoms with E-state index in [9.17, 15) is 14.6 Å². The lowest BCUT2D eigenvalue weighted by molar-refractivity contribution is 0.181. The maximum atomic E-state index is 13.3. The van der Waals surface area contributed by atoms with E-state index in [2.05, 4.69) is 0 Å². The molecule has 1 atom stereocenters. The van der Waals surface area contributed by atoms with Crippen molar-refractivity contribution >= 4 is 0 Å². The molecule has 0 spiro atoms. The van der Waals surface area contributed by atoms with Crippen LogP contribution in [0.1, 0.15) is 22.8 Å². The van der Waals surface area contributed by atoms with Gasteiger partial charge in [0.05, 0.1) is 6.10 Å². The molecule has 0 aliphatic heterocycles. The van der Waals surface area contributed by atoms with Crippen LogP contribution in [-0.2, 0) is 0 Å². The minimum absolute atomic E-state index is 0.0444. The molecule has 0 aliphatic rings. The number of hydrogen-bond donors (Lipinski definition) is 3. The normalized spacial score (nSPS) is 12.9. The van der Waals surface area contributed by atoms with Gasteiger partial charge in [-0.15, -0.1) is 0 Å². The first-order valence-electron chi connectivity index (χ1n) is 4.35. The Bertz CT molecular complexity index is 326. The van der Waals surface area contributed by atoms with E-state index in [0.717, 1.165) is 0 Å². The average Bonchev–Trinajstić information content (AvgIpc) is 2.15. The first kappa shape index (κ1) is 10.9. The lowest BCUT2D eigenvalue weighted by Crippen LogP contribution is -2.14. The Morgan fingerprint density at radius 2 is 2.07 bits per heavy atom. The zero-order chi connectivity index (χ0) is 10.9. The molecule has 1 unspecified atom stereocenters. The summed E-state index contributed by atoms with van der Waals surface area (Å²) in [5, 5.41) is 19.1. The first-order chi connectivity index (χ1) is 6.49. The molecule has 4 heteroatoms. The van der Waals surface area contributed by atoms with E-state index in [1.165, 1.54) is 13.0 Å². The van der Waals surface area contributed by atoms with Crippen LogP contribution in [-0.4, -0.2) is 16.8 Å². The van der Waals surface area contributed by atoms with Gasteiger partial charge in [0.25, 0.3) is 0 Å². The molecule has 0 radical (unpaired) electrons. The second-order valence-corrected chi connectivity index (χ2v) is 3.31. The van der Waals surface area contributed by atoms with Crippen LogP contribution in [0, 0.1) is 19.7 Å². The molecule has 78 valence electrons. The van der Waals surface area contributed by atoms with Gasteiger partial charge in [-0.25, -0.2) is 4.39 Å². The van der Waals surface area contributed by atoms with Gasteiger partial charge in [-0.3, -0.25) is 0 Å². The van der Waals surface area contributed by atoms with Crippen molar-refractivity contribution in [3.63, 3.8) is 0 Å². The number of aryl methyl sites for hydroxylation is 1. The van der Waals surface area contributed by atoms with E-state index >= 15 is 0 Å². The molecule has 1 aromatic rings. The van der Waals surface area contributed by atoms with Gasteiger partial charge in [0.2, 0.25) is 0 Å². The van der Waals surface area contributed by atoms with E-state index in [0.29, 0.717) is 5.56 Å². The molecule has 3 nitrogen and oxygen atoms in total. The van der Waals surface area contributed by atoms with Crippen LogP contribution in [0.3, 0.4) is 0 Å². The molecule has 0 heterocycles. The molecule has 4 N–H and O–H groups in total. The highest BCUT2D eigenvalue weighted by molar-refractivity contribution is 5.46. The van der Waals surface area contributed by atoms with Crippen molar-refractivity contribution in [1.29, 1.82) is 0 Å². The highest BCUT2D eigenvalue weighted by Crippen LogP contribution is 2.32. The van der Waals surface area contributed by atoms with Crippen molar-refractivity contribution in [2.45, 2.75) is 20.0 Å². The van der Waals surface area contributed by atoms with E-state index < -0.39 is 11.9 Å². The van der Waals surface area contributed by atoms with Crippen LogP contribution in [0.4, 0.5) is 4.39 Å². The van der Waals surface area contributed by atoms with Crippen LogP contribution >= 0.6 is 0 Å². The van der Waals surface area contributed by atoms with Gasteiger partial charge in [-0.2, -0.15) is 0 Å². The Morgan fingerprint density at radius 3 is 2.57 bits per heavy atom. The van der Waals surface area contributed by atoms with Gasteiger partial charge < -0.3 is 15.9 Å². The summed E-state index contributed by atoms with van der Waals surface area (Å²) in [4.78, 5) is 0. The van der Waals surface area contributed by atoms with Gasteiger partial charge in [-0.1, -0.05) is 0 Å². The number of aliphatic hydroxyl groups excluding tert-OH is 1. The minimum Gasteiger partial charge on any atom is -0.507 e. The molecule has 0 bridgehead atoms. The Morgan fingerprint density at radius 1 is 1.50 bits per heavy atom. The molecular formula is C10H14FNO2. The number of phenols is 1. The zero-order valence-corrected chi connectivity index (χ0v) is 8.21. The maximum absolute atomic E-state index is 13.3. The van der Waals surface area contributed by atoms with Gasteiger partial charge >= 0.3 is 0 Å². The molecule has 0 fully saturated rings. The van der Waals surface area contributed by atoms with Crippen molar-refractivity contribution in [2.24, 2.45) is 5.73 Å². The largest absolute Gasteiger partial charge is 0.507 e. The fourth-order valence-corrected chi connectivity index (χ4v) is 1.41. The number of aliphatic hydroxyl groups is 1. The predicted octanol–water partition coefficient (Wildman–Crippen LogP) is 1.14. The fourth-order valence-electron chi connectivity index (χ4n) is 1.41. The number of aromatic hydroxyl groups is 1. The average molecular weight is 199 g/mol. The Kier molecular flexibility index (Phi) is 3.08. The summed E-state index contributed by atoms with van der Waals surface area (Å²) in [5.41, 5.74) is 6.08. The molecule has 0 saturated heterocycles. The standard InChI is InChI=1S/C10H14FNO2/c1-5-3-7(11)6(2)9(10(5)14)8(13)4-12/h3,8,13-14H,4,12H2,1-2H3. The summed E-state index contributed by atoms with van der Waals surface area (Å²) >= 11 is 0. The van der Waals surface area contributed by atoms with Crippen molar-refractivity contribution < 1.29 is 14.6 Å². The number of rotatable bonds is 2. The lowest BCUT2D eigenvalue weighted by Gasteiger charge is -2.15. The summed E-state index contributed by atoms with van der Waals surface area (Å²) in [6, 6.07) is 1.23. The van der Waals surface area contributed by atoms with Crippen molar-refractivity contribution in [3.8, 4) is 5.75 Å². The predicted molar refractivity (Wildman–Crippen MR) is 51.6 cm³/mol. The number of halogens is 1. The van der Waals surface area contributed by atoms with Crippen LogP contribution in [0.5, 0.6) is 5.75 Å². The third-order valence-corrected chi connectivity index (χ3v) is 2.29. The topological polar surface area (TPSA) is 66.5 Å². The minimum atomic E-state index is -1.02. The van der Waals surface area contributed by atoms with E-state index in [4.69, 9.17) is 5.73 Å². The number of hydrogen-bond acceptors (Lipinski definition) is 3. The Hall–Kier alpha value is -1.13. The SMILES string of the molecule is Cc1cc(F)c(C)c(C(O)CN)c1O. The fraction of sp³-hybridized carbons (Fsp3) is 0.400. The third kappa shape index (κ3) is 1.71. The molecular weight excluding hydrogens is 185 g/mol. The number of phenolic OH excluding ortho intramolecular Hbond substituents is 1. The van der Waals surface area contributed by atoms with Crippen LogP contribution in [0.2, 0.25) is 0 Å². The second kappa shape index (κ2) is 3.94. The van der Waals surface area contributed by atoms with Gasteiger partial charge in [0.15, 0.2) is 0 Å². The van der Waals surface area contributed by atoms with Crippen LogP contribution < -0.4 is 5.73 Å². The second-order valence-electron chi connectivity index (χ2n) is 3.31. The highest BCUT2D eigenvalue weighted by Gasteiger charge is 2.18. The summed E-state index contributed by atoms with van der Waals surface area (Å²) < 4.78 is 13.3. The Balaban J connectivity index is 3.39. The molecule has 0 amide bonds. The van der Waals surface area contributed by atoms with E-state index in [1.54, 1.807) is 6.92 Å². The molecule has 0 saturated carbocycles. The van der Waals surface area contributed by atoms with Gasteiger partial charge in [0, 0.05) is 12.1 Å². The van der Waals surface area contributed by atoms with Crippen molar-refractivity contribution in [1.82, 2.24) is 0 Å². The van der Waals surface area contributed by atoms with Crippen molar-refractivity contribution in [3.05, 3.63) is 28.6 Å². The number of benzene rings is 1.